The van der Waals surface area contributed by atoms with Crippen molar-refractivity contribution in [2.75, 3.05) is 5.32 Å². The third-order valence-corrected chi connectivity index (χ3v) is 4.16. The normalized spacial score (nSPS) is 16.1. The van der Waals surface area contributed by atoms with Gasteiger partial charge < -0.3 is 16.4 Å². The highest BCUT2D eigenvalue weighted by atomic mass is 35.5. The van der Waals surface area contributed by atoms with Crippen LogP contribution in [-0.4, -0.2) is 23.9 Å². The van der Waals surface area contributed by atoms with Crippen LogP contribution in [0.25, 0.3) is 0 Å². The van der Waals surface area contributed by atoms with Crippen LogP contribution in [0.1, 0.15) is 49.4 Å². The van der Waals surface area contributed by atoms with E-state index in [1.54, 1.807) is 25.1 Å². The van der Waals surface area contributed by atoms with Crippen molar-refractivity contribution < 1.29 is 9.59 Å². The lowest BCUT2D eigenvalue weighted by molar-refractivity contribution is -0.117. The number of halogens is 2. The van der Waals surface area contributed by atoms with Gasteiger partial charge in [-0.25, -0.2) is 0 Å². The van der Waals surface area contributed by atoms with Crippen LogP contribution in [0.15, 0.2) is 18.2 Å². The molecule has 2 amide bonds. The molecule has 1 aromatic rings. The van der Waals surface area contributed by atoms with Crippen molar-refractivity contribution in [3.63, 3.8) is 0 Å². The molecule has 128 valence electrons. The van der Waals surface area contributed by atoms with Crippen LogP contribution in [0, 0.1) is 0 Å². The number of carbonyl (C=O) groups excluding carboxylic acids is 2. The number of nitrogens with two attached hydrogens (primary N) is 1. The summed E-state index contributed by atoms with van der Waals surface area (Å²) in [4.78, 5) is 24.0. The molecule has 0 unspecified atom stereocenters. The van der Waals surface area contributed by atoms with Crippen molar-refractivity contribution in [3.8, 4) is 0 Å². The molecular weight excluding hydrogens is 337 g/mol. The van der Waals surface area contributed by atoms with Gasteiger partial charge >= 0.3 is 0 Å². The predicted octanol–water partition coefficient (Wildman–Crippen LogP) is 3.11. The Morgan fingerprint density at radius 1 is 1.26 bits per heavy atom. The van der Waals surface area contributed by atoms with Crippen LogP contribution < -0.4 is 16.4 Å². The van der Waals surface area contributed by atoms with Gasteiger partial charge in [0.25, 0.3) is 5.91 Å². The zero-order valence-corrected chi connectivity index (χ0v) is 14.7. The highest BCUT2D eigenvalue weighted by Crippen LogP contribution is 2.22. The van der Waals surface area contributed by atoms with Crippen molar-refractivity contribution >= 4 is 41.5 Å². The Bertz CT molecular complexity index is 558. The summed E-state index contributed by atoms with van der Waals surface area (Å²) in [5.74, 6) is -0.505. The van der Waals surface area contributed by atoms with E-state index < -0.39 is 6.04 Å². The van der Waals surface area contributed by atoms with Gasteiger partial charge in [0.1, 0.15) is 0 Å². The highest BCUT2D eigenvalue weighted by molar-refractivity contribution is 6.34. The second kappa shape index (κ2) is 9.11. The van der Waals surface area contributed by atoms with E-state index in [1.807, 2.05) is 0 Å². The average molecular weight is 360 g/mol. The van der Waals surface area contributed by atoms with Crippen molar-refractivity contribution in [3.05, 3.63) is 28.8 Å². The minimum Gasteiger partial charge on any atom is -0.349 e. The first-order valence-corrected chi connectivity index (χ1v) is 8.02. The number of rotatable bonds is 4. The minimum absolute atomic E-state index is 0. The van der Waals surface area contributed by atoms with E-state index in [9.17, 15) is 9.59 Å². The zero-order chi connectivity index (χ0) is 16.1. The van der Waals surface area contributed by atoms with Crippen molar-refractivity contribution in [1.29, 1.82) is 0 Å². The molecule has 0 radical (unpaired) electrons. The summed E-state index contributed by atoms with van der Waals surface area (Å²) < 4.78 is 0. The van der Waals surface area contributed by atoms with Gasteiger partial charge in [-0.15, -0.1) is 12.4 Å². The van der Waals surface area contributed by atoms with Crippen molar-refractivity contribution in [2.45, 2.75) is 51.1 Å². The molecule has 1 aliphatic rings. The Morgan fingerprint density at radius 3 is 2.52 bits per heavy atom. The Balaban J connectivity index is 0.00000264. The average Bonchev–Trinajstić information content (AvgIpc) is 2.50. The van der Waals surface area contributed by atoms with Gasteiger partial charge in [0, 0.05) is 11.7 Å². The largest absolute Gasteiger partial charge is 0.349 e. The fourth-order valence-electron chi connectivity index (χ4n) is 2.54. The SMILES string of the molecule is C[C@H](N)C(=O)Nc1ccc(Cl)c(C(=O)NC2CCCCC2)c1.Cl. The minimum atomic E-state index is -0.616. The molecule has 23 heavy (non-hydrogen) atoms. The number of amides is 2. The first-order valence-electron chi connectivity index (χ1n) is 7.64. The van der Waals surface area contributed by atoms with E-state index in [1.165, 1.54) is 6.42 Å². The topological polar surface area (TPSA) is 84.2 Å². The van der Waals surface area contributed by atoms with Gasteiger partial charge in [-0.2, -0.15) is 0 Å². The maximum Gasteiger partial charge on any atom is 0.253 e. The van der Waals surface area contributed by atoms with Gasteiger partial charge in [-0.05, 0) is 38.0 Å². The van der Waals surface area contributed by atoms with Crippen LogP contribution in [0.5, 0.6) is 0 Å². The molecule has 1 aliphatic carbocycles. The lowest BCUT2D eigenvalue weighted by Gasteiger charge is -2.23. The van der Waals surface area contributed by atoms with Crippen LogP contribution in [0.2, 0.25) is 5.02 Å². The summed E-state index contributed by atoms with van der Waals surface area (Å²) >= 11 is 6.11. The summed E-state index contributed by atoms with van der Waals surface area (Å²) in [5, 5.41) is 6.05. The standard InChI is InChI=1S/C16H22ClN3O2.ClH/c1-10(18)15(21)20-12-7-8-14(17)13(9-12)16(22)19-11-5-3-2-4-6-11;/h7-11H,2-6,18H2,1H3,(H,19,22)(H,20,21);1H/t10-;/m0./s1. The van der Waals surface area contributed by atoms with E-state index in [0.717, 1.165) is 25.7 Å². The third-order valence-electron chi connectivity index (χ3n) is 3.83. The molecule has 5 nitrogen and oxygen atoms in total. The number of nitrogens with one attached hydrogen (secondary N) is 2. The molecule has 7 heteroatoms. The van der Waals surface area contributed by atoms with Gasteiger partial charge in [0.05, 0.1) is 16.6 Å². The van der Waals surface area contributed by atoms with E-state index >= 15 is 0 Å². The first kappa shape index (κ1) is 19.7. The Labute approximate surface area is 147 Å². The lowest BCUT2D eigenvalue weighted by Crippen LogP contribution is -2.36. The Morgan fingerprint density at radius 2 is 1.91 bits per heavy atom. The summed E-state index contributed by atoms with van der Waals surface area (Å²) in [5.41, 5.74) is 6.40. The molecule has 0 bridgehead atoms. The van der Waals surface area contributed by atoms with E-state index in [-0.39, 0.29) is 30.3 Å². The van der Waals surface area contributed by atoms with Crippen molar-refractivity contribution in [2.24, 2.45) is 5.73 Å². The molecule has 2 rings (SSSR count). The first-order chi connectivity index (χ1) is 10.5. The van der Waals surface area contributed by atoms with Gasteiger partial charge in [-0.3, -0.25) is 9.59 Å². The monoisotopic (exact) mass is 359 g/mol. The van der Waals surface area contributed by atoms with E-state index in [2.05, 4.69) is 10.6 Å². The molecule has 4 N–H and O–H groups in total. The summed E-state index contributed by atoms with van der Waals surface area (Å²) in [7, 11) is 0. The van der Waals surface area contributed by atoms with Gasteiger partial charge in [0.15, 0.2) is 0 Å². The van der Waals surface area contributed by atoms with Crippen LogP contribution >= 0.6 is 24.0 Å². The number of carbonyl (C=O) groups is 2. The van der Waals surface area contributed by atoms with E-state index in [4.69, 9.17) is 17.3 Å². The van der Waals surface area contributed by atoms with Crippen LogP contribution in [-0.2, 0) is 4.79 Å². The molecule has 1 saturated carbocycles. The molecule has 1 atom stereocenters. The number of hydrogen-bond acceptors (Lipinski definition) is 3. The predicted molar refractivity (Wildman–Crippen MR) is 95.3 cm³/mol. The van der Waals surface area contributed by atoms with Crippen molar-refractivity contribution in [1.82, 2.24) is 5.32 Å². The molecular formula is C16H23Cl2N3O2. The third kappa shape index (κ3) is 5.68. The smallest absolute Gasteiger partial charge is 0.253 e. The molecule has 1 aromatic carbocycles. The van der Waals surface area contributed by atoms with E-state index in [0.29, 0.717) is 16.3 Å². The number of anilines is 1. The summed E-state index contributed by atoms with van der Waals surface area (Å²) in [6.07, 6.45) is 5.52. The molecule has 1 fully saturated rings. The maximum atomic E-state index is 12.4. The molecule has 0 saturated heterocycles. The van der Waals surface area contributed by atoms with Gasteiger partial charge in [-0.1, -0.05) is 30.9 Å². The molecule has 0 aromatic heterocycles. The maximum absolute atomic E-state index is 12.4. The molecule has 0 heterocycles. The lowest BCUT2D eigenvalue weighted by atomic mass is 9.95. The van der Waals surface area contributed by atoms with Crippen LogP contribution in [0.3, 0.4) is 0 Å². The fraction of sp³-hybridized carbons (Fsp3) is 0.500. The summed E-state index contributed by atoms with van der Waals surface area (Å²) in [6, 6.07) is 4.43. The second-order valence-electron chi connectivity index (χ2n) is 5.78. The quantitative estimate of drug-likeness (QED) is 0.771. The molecule has 0 spiro atoms. The fourth-order valence-corrected chi connectivity index (χ4v) is 2.75. The number of hydrogen-bond donors (Lipinski definition) is 3. The zero-order valence-electron chi connectivity index (χ0n) is 13.1. The number of benzene rings is 1. The highest BCUT2D eigenvalue weighted by Gasteiger charge is 2.19. The van der Waals surface area contributed by atoms with Gasteiger partial charge in [0.2, 0.25) is 5.91 Å². The summed E-state index contributed by atoms with van der Waals surface area (Å²) in [6.45, 7) is 1.60. The Hall–Kier alpha value is -1.30. The van der Waals surface area contributed by atoms with Crippen LogP contribution in [0.4, 0.5) is 5.69 Å². The molecule has 0 aliphatic heterocycles. The second-order valence-corrected chi connectivity index (χ2v) is 6.19. The Kier molecular flexibility index (Phi) is 7.82.